The minimum absolute atomic E-state index is 0.0399. The van der Waals surface area contributed by atoms with Crippen molar-refractivity contribution in [2.45, 2.75) is 46.5 Å². The normalized spacial score (nSPS) is 15.5. The standard InChI is InChI=1S/C21H24FN3O3/c1-12(2)18(22)11-28-20-13(3)7-15(8-24-20)14(4)25-9-17-16(21(25)27)5-6-23-19(17)10-26/h5-8,10,12,14,18H,9,11H2,1-4H3. The van der Waals surface area contributed by atoms with Crippen molar-refractivity contribution in [2.24, 2.45) is 5.92 Å². The Balaban J connectivity index is 1.76. The van der Waals surface area contributed by atoms with E-state index in [4.69, 9.17) is 4.74 Å². The number of ether oxygens (including phenoxy) is 1. The second-order valence-corrected chi connectivity index (χ2v) is 7.41. The molecule has 0 aliphatic carbocycles. The third kappa shape index (κ3) is 3.74. The number of fused-ring (bicyclic) bond motifs is 1. The van der Waals surface area contributed by atoms with Crippen molar-refractivity contribution in [2.75, 3.05) is 6.61 Å². The molecule has 1 amide bonds. The lowest BCUT2D eigenvalue weighted by atomic mass is 10.1. The minimum atomic E-state index is -1.05. The van der Waals surface area contributed by atoms with Crippen LogP contribution in [-0.4, -0.2) is 39.8 Å². The van der Waals surface area contributed by atoms with Crippen molar-refractivity contribution in [3.8, 4) is 5.88 Å². The fraction of sp³-hybridized carbons (Fsp3) is 0.429. The molecule has 1 aliphatic heterocycles. The van der Waals surface area contributed by atoms with Crippen molar-refractivity contribution >= 4 is 12.2 Å². The molecule has 0 radical (unpaired) electrons. The van der Waals surface area contributed by atoms with Gasteiger partial charge >= 0.3 is 0 Å². The Hall–Kier alpha value is -2.83. The minimum Gasteiger partial charge on any atom is -0.474 e. The summed E-state index contributed by atoms with van der Waals surface area (Å²) in [6.45, 7) is 7.64. The highest BCUT2D eigenvalue weighted by molar-refractivity contribution is 6.00. The summed E-state index contributed by atoms with van der Waals surface area (Å²) < 4.78 is 19.3. The Morgan fingerprint density at radius 1 is 1.32 bits per heavy atom. The van der Waals surface area contributed by atoms with Gasteiger partial charge in [-0.15, -0.1) is 0 Å². The van der Waals surface area contributed by atoms with Gasteiger partial charge in [0.05, 0.1) is 6.04 Å². The third-order valence-electron chi connectivity index (χ3n) is 5.12. The molecule has 0 bridgehead atoms. The van der Waals surface area contributed by atoms with Crippen molar-refractivity contribution in [3.63, 3.8) is 0 Å². The number of nitrogens with zero attached hydrogens (tertiary/aromatic N) is 3. The molecular formula is C21H24FN3O3. The predicted octanol–water partition coefficient (Wildman–Crippen LogP) is 3.69. The first-order chi connectivity index (χ1) is 13.3. The van der Waals surface area contributed by atoms with E-state index >= 15 is 0 Å². The lowest BCUT2D eigenvalue weighted by molar-refractivity contribution is 0.0715. The van der Waals surface area contributed by atoms with Gasteiger partial charge in [-0.05, 0) is 37.5 Å². The number of pyridine rings is 2. The monoisotopic (exact) mass is 385 g/mol. The Labute approximate surface area is 163 Å². The van der Waals surface area contributed by atoms with E-state index in [-0.39, 0.29) is 24.5 Å². The summed E-state index contributed by atoms with van der Waals surface area (Å²) in [4.78, 5) is 34.0. The smallest absolute Gasteiger partial charge is 0.255 e. The average molecular weight is 385 g/mol. The van der Waals surface area contributed by atoms with E-state index in [1.807, 2.05) is 19.9 Å². The first-order valence-electron chi connectivity index (χ1n) is 9.31. The third-order valence-corrected chi connectivity index (χ3v) is 5.12. The number of aromatic nitrogens is 2. The molecular weight excluding hydrogens is 361 g/mol. The van der Waals surface area contributed by atoms with Crippen LogP contribution < -0.4 is 4.74 Å². The lowest BCUT2D eigenvalue weighted by Gasteiger charge is -2.25. The second kappa shape index (κ2) is 8.04. The Bertz CT molecular complexity index is 900. The van der Waals surface area contributed by atoms with Crippen molar-refractivity contribution in [1.29, 1.82) is 0 Å². The van der Waals surface area contributed by atoms with E-state index in [1.165, 1.54) is 6.20 Å². The Kier molecular flexibility index (Phi) is 5.72. The maximum absolute atomic E-state index is 13.8. The molecule has 2 atom stereocenters. The Morgan fingerprint density at radius 2 is 2.07 bits per heavy atom. The van der Waals surface area contributed by atoms with Gasteiger partial charge in [0.15, 0.2) is 6.29 Å². The zero-order valence-corrected chi connectivity index (χ0v) is 16.5. The number of hydrogen-bond acceptors (Lipinski definition) is 5. The van der Waals surface area contributed by atoms with Crippen LogP contribution in [0.3, 0.4) is 0 Å². The fourth-order valence-corrected chi connectivity index (χ4v) is 3.18. The van der Waals surface area contributed by atoms with E-state index < -0.39 is 6.17 Å². The summed E-state index contributed by atoms with van der Waals surface area (Å²) in [6, 6.07) is 3.29. The molecule has 28 heavy (non-hydrogen) atoms. The second-order valence-electron chi connectivity index (χ2n) is 7.41. The van der Waals surface area contributed by atoms with Gasteiger partial charge in [-0.2, -0.15) is 0 Å². The average Bonchev–Trinajstić information content (AvgIpc) is 3.02. The zero-order valence-electron chi connectivity index (χ0n) is 16.5. The fourth-order valence-electron chi connectivity index (χ4n) is 3.18. The van der Waals surface area contributed by atoms with Crippen LogP contribution in [0.4, 0.5) is 4.39 Å². The number of carbonyl (C=O) groups is 2. The van der Waals surface area contributed by atoms with E-state index in [1.54, 1.807) is 31.0 Å². The maximum atomic E-state index is 13.8. The molecule has 148 valence electrons. The van der Waals surface area contributed by atoms with Gasteiger partial charge in [0, 0.05) is 35.6 Å². The van der Waals surface area contributed by atoms with Gasteiger partial charge in [-0.1, -0.05) is 13.8 Å². The molecule has 3 rings (SSSR count). The number of alkyl halides is 1. The highest BCUT2D eigenvalue weighted by atomic mass is 19.1. The summed E-state index contributed by atoms with van der Waals surface area (Å²) in [5.74, 6) is 0.138. The lowest BCUT2D eigenvalue weighted by Crippen LogP contribution is -2.27. The first-order valence-corrected chi connectivity index (χ1v) is 9.31. The van der Waals surface area contributed by atoms with Crippen LogP contribution in [-0.2, 0) is 6.54 Å². The molecule has 1 aliphatic rings. The first kappa shape index (κ1) is 19.9. The van der Waals surface area contributed by atoms with Crippen LogP contribution in [0.2, 0.25) is 0 Å². The van der Waals surface area contributed by atoms with Crippen LogP contribution in [0, 0.1) is 12.8 Å². The summed E-state index contributed by atoms with van der Waals surface area (Å²) >= 11 is 0. The van der Waals surface area contributed by atoms with Crippen LogP contribution >= 0.6 is 0 Å². The van der Waals surface area contributed by atoms with E-state index in [0.29, 0.717) is 35.5 Å². The summed E-state index contributed by atoms with van der Waals surface area (Å²) in [5, 5.41) is 0. The molecule has 6 nitrogen and oxygen atoms in total. The molecule has 7 heteroatoms. The zero-order chi connectivity index (χ0) is 20.4. The predicted molar refractivity (Wildman–Crippen MR) is 102 cm³/mol. The van der Waals surface area contributed by atoms with Gasteiger partial charge in [0.1, 0.15) is 18.5 Å². The molecule has 0 spiro atoms. The number of amides is 1. The molecule has 2 aromatic heterocycles. The van der Waals surface area contributed by atoms with Gasteiger partial charge in [-0.25, -0.2) is 9.37 Å². The molecule has 0 N–H and O–H groups in total. The van der Waals surface area contributed by atoms with Crippen molar-refractivity contribution in [1.82, 2.24) is 14.9 Å². The molecule has 2 unspecified atom stereocenters. The number of aryl methyl sites for hydroxylation is 1. The van der Waals surface area contributed by atoms with E-state index in [9.17, 15) is 14.0 Å². The highest BCUT2D eigenvalue weighted by Gasteiger charge is 2.33. The van der Waals surface area contributed by atoms with E-state index in [2.05, 4.69) is 9.97 Å². The summed E-state index contributed by atoms with van der Waals surface area (Å²) in [6.07, 6.45) is 2.74. The van der Waals surface area contributed by atoms with E-state index in [0.717, 1.165) is 11.1 Å². The van der Waals surface area contributed by atoms with Crippen LogP contribution in [0.15, 0.2) is 24.5 Å². The number of aldehydes is 1. The topological polar surface area (TPSA) is 72.4 Å². The highest BCUT2D eigenvalue weighted by Crippen LogP contribution is 2.32. The molecule has 0 fully saturated rings. The van der Waals surface area contributed by atoms with Crippen LogP contribution in [0.25, 0.3) is 0 Å². The summed E-state index contributed by atoms with van der Waals surface area (Å²) in [5.41, 5.74) is 3.08. The molecule has 0 aromatic carbocycles. The molecule has 2 aromatic rings. The molecule has 3 heterocycles. The largest absolute Gasteiger partial charge is 0.474 e. The Morgan fingerprint density at radius 3 is 2.71 bits per heavy atom. The quantitative estimate of drug-likeness (QED) is 0.680. The SMILES string of the molecule is Cc1cc(C(C)N2Cc3c(ccnc3C=O)C2=O)cnc1OCC(F)C(C)C. The van der Waals surface area contributed by atoms with Gasteiger partial charge < -0.3 is 9.64 Å². The maximum Gasteiger partial charge on any atom is 0.255 e. The molecule has 0 saturated heterocycles. The van der Waals surface area contributed by atoms with Crippen molar-refractivity contribution < 1.29 is 18.7 Å². The summed E-state index contributed by atoms with van der Waals surface area (Å²) in [7, 11) is 0. The number of halogens is 1. The number of rotatable bonds is 7. The molecule has 0 saturated carbocycles. The van der Waals surface area contributed by atoms with Crippen LogP contribution in [0.5, 0.6) is 5.88 Å². The number of carbonyl (C=O) groups excluding carboxylic acids is 2. The van der Waals surface area contributed by atoms with Gasteiger partial charge in [0.25, 0.3) is 5.91 Å². The van der Waals surface area contributed by atoms with Crippen LogP contribution in [0.1, 0.15) is 64.3 Å². The van der Waals surface area contributed by atoms with Gasteiger partial charge in [-0.3, -0.25) is 14.6 Å². The number of hydrogen-bond donors (Lipinski definition) is 0. The van der Waals surface area contributed by atoms with Crippen molar-refractivity contribution in [3.05, 3.63) is 52.5 Å². The van der Waals surface area contributed by atoms with Gasteiger partial charge in [0.2, 0.25) is 5.88 Å².